The lowest BCUT2D eigenvalue weighted by molar-refractivity contribution is -0.0418. The molecule has 0 radical (unpaired) electrons. The molecule has 1 heterocycles. The maximum Gasteiger partial charge on any atom is 0.410 e. The van der Waals surface area contributed by atoms with Crippen LogP contribution in [-0.4, -0.2) is 53.1 Å². The van der Waals surface area contributed by atoms with Gasteiger partial charge in [-0.25, -0.2) is 4.79 Å². The number of likely N-dealkylation sites (tertiary alicyclic amines) is 1. The van der Waals surface area contributed by atoms with Gasteiger partial charge in [-0.1, -0.05) is 6.92 Å². The van der Waals surface area contributed by atoms with E-state index in [0.717, 1.165) is 6.42 Å². The first kappa shape index (κ1) is 15.2. The van der Waals surface area contributed by atoms with Crippen LogP contribution >= 0.6 is 0 Å². The third-order valence-corrected chi connectivity index (χ3v) is 3.16. The SMILES string of the molecule is CC1CN(C(=O)OC(C)(C)C)CC(CO)(CO)C1. The van der Waals surface area contributed by atoms with Crippen molar-refractivity contribution in [2.24, 2.45) is 11.3 Å². The number of ether oxygens (including phenoxy) is 1. The molecule has 1 amide bonds. The van der Waals surface area contributed by atoms with Gasteiger partial charge in [-0.3, -0.25) is 0 Å². The number of carbonyl (C=O) groups excluding carboxylic acids is 1. The average Bonchev–Trinajstić information content (AvgIpc) is 2.25. The fraction of sp³-hybridized carbons (Fsp3) is 0.923. The number of rotatable bonds is 2. The smallest absolute Gasteiger partial charge is 0.410 e. The first-order chi connectivity index (χ1) is 8.21. The Bertz CT molecular complexity index is 294. The van der Waals surface area contributed by atoms with E-state index < -0.39 is 11.0 Å². The highest BCUT2D eigenvalue weighted by molar-refractivity contribution is 5.68. The minimum Gasteiger partial charge on any atom is -0.444 e. The molecule has 1 fully saturated rings. The lowest BCUT2D eigenvalue weighted by atomic mass is 9.77. The predicted molar refractivity (Wildman–Crippen MR) is 68.2 cm³/mol. The van der Waals surface area contributed by atoms with Gasteiger partial charge in [0.25, 0.3) is 0 Å². The summed E-state index contributed by atoms with van der Waals surface area (Å²) in [5.74, 6) is 0.241. The molecule has 0 aliphatic carbocycles. The first-order valence-corrected chi connectivity index (χ1v) is 6.41. The van der Waals surface area contributed by atoms with Crippen LogP contribution in [0.3, 0.4) is 0 Å². The number of hydrogen-bond acceptors (Lipinski definition) is 4. The Kier molecular flexibility index (Phi) is 4.61. The molecule has 0 bridgehead atoms. The molecule has 1 rings (SSSR count). The molecule has 5 nitrogen and oxygen atoms in total. The van der Waals surface area contributed by atoms with Crippen molar-refractivity contribution in [2.75, 3.05) is 26.3 Å². The third-order valence-electron chi connectivity index (χ3n) is 3.16. The van der Waals surface area contributed by atoms with E-state index in [4.69, 9.17) is 4.74 Å². The number of hydrogen-bond donors (Lipinski definition) is 2. The van der Waals surface area contributed by atoms with Crippen molar-refractivity contribution in [3.8, 4) is 0 Å². The van der Waals surface area contributed by atoms with Crippen LogP contribution in [0, 0.1) is 11.3 Å². The van der Waals surface area contributed by atoms with Gasteiger partial charge in [0.1, 0.15) is 5.60 Å². The minimum absolute atomic E-state index is 0.118. The van der Waals surface area contributed by atoms with E-state index in [1.165, 1.54) is 0 Å². The summed E-state index contributed by atoms with van der Waals surface area (Å²) < 4.78 is 5.33. The minimum atomic E-state index is -0.603. The molecule has 1 aliphatic rings. The molecule has 1 aliphatic heterocycles. The van der Waals surface area contributed by atoms with Crippen LogP contribution in [0.1, 0.15) is 34.1 Å². The van der Waals surface area contributed by atoms with Crippen molar-refractivity contribution in [3.05, 3.63) is 0 Å². The average molecular weight is 259 g/mol. The maximum absolute atomic E-state index is 12.0. The van der Waals surface area contributed by atoms with Crippen LogP contribution in [-0.2, 0) is 4.74 Å². The van der Waals surface area contributed by atoms with E-state index in [0.29, 0.717) is 13.1 Å². The molecule has 0 spiro atoms. The van der Waals surface area contributed by atoms with E-state index >= 15 is 0 Å². The molecule has 1 atom stereocenters. The molecule has 2 N–H and O–H groups in total. The largest absolute Gasteiger partial charge is 0.444 e. The Morgan fingerprint density at radius 3 is 2.39 bits per heavy atom. The number of nitrogens with zero attached hydrogens (tertiary/aromatic N) is 1. The van der Waals surface area contributed by atoms with Gasteiger partial charge in [0.2, 0.25) is 0 Å². The molecule has 5 heteroatoms. The van der Waals surface area contributed by atoms with Gasteiger partial charge in [0, 0.05) is 18.5 Å². The molecular weight excluding hydrogens is 234 g/mol. The van der Waals surface area contributed by atoms with Crippen LogP contribution in [0.25, 0.3) is 0 Å². The van der Waals surface area contributed by atoms with E-state index in [-0.39, 0.29) is 25.2 Å². The molecule has 1 saturated heterocycles. The zero-order valence-corrected chi connectivity index (χ0v) is 11.8. The number of piperidine rings is 1. The summed E-state index contributed by atoms with van der Waals surface area (Å²) in [4.78, 5) is 13.6. The zero-order chi connectivity index (χ0) is 14.0. The predicted octanol–water partition coefficient (Wildman–Crippen LogP) is 1.23. The van der Waals surface area contributed by atoms with Crippen LogP contribution < -0.4 is 0 Å². The standard InChI is InChI=1S/C13H25NO4/c1-10-5-13(8-15,9-16)7-14(6-10)11(17)18-12(2,3)4/h10,15-16H,5-9H2,1-4H3. The Hall–Kier alpha value is -0.810. The monoisotopic (exact) mass is 259 g/mol. The molecule has 0 saturated carbocycles. The summed E-state index contributed by atoms with van der Waals surface area (Å²) in [5, 5.41) is 18.9. The Labute approximate surface area is 109 Å². The summed E-state index contributed by atoms with van der Waals surface area (Å²) in [6.07, 6.45) is 0.347. The second-order valence-corrected chi connectivity index (χ2v) is 6.49. The summed E-state index contributed by atoms with van der Waals surface area (Å²) in [6, 6.07) is 0. The molecule has 0 aromatic heterocycles. The summed E-state index contributed by atoms with van der Waals surface area (Å²) in [6.45, 7) is 8.20. The third kappa shape index (κ3) is 3.85. The van der Waals surface area contributed by atoms with Crippen molar-refractivity contribution < 1.29 is 19.7 Å². The van der Waals surface area contributed by atoms with Gasteiger partial charge in [-0.2, -0.15) is 0 Å². The first-order valence-electron chi connectivity index (χ1n) is 6.41. The summed E-state index contributed by atoms with van der Waals surface area (Å²) in [7, 11) is 0. The maximum atomic E-state index is 12.0. The second kappa shape index (κ2) is 5.45. The van der Waals surface area contributed by atoms with Crippen molar-refractivity contribution in [1.82, 2.24) is 4.90 Å². The Balaban J connectivity index is 2.74. The number of amides is 1. The van der Waals surface area contributed by atoms with E-state index in [2.05, 4.69) is 0 Å². The lowest BCUT2D eigenvalue weighted by Gasteiger charge is -2.43. The van der Waals surface area contributed by atoms with Gasteiger partial charge in [-0.15, -0.1) is 0 Å². The molecule has 18 heavy (non-hydrogen) atoms. The number of carbonyl (C=O) groups is 1. The topological polar surface area (TPSA) is 70.0 Å². The van der Waals surface area contributed by atoms with Crippen LogP contribution in [0.15, 0.2) is 0 Å². The van der Waals surface area contributed by atoms with Gasteiger partial charge in [0.05, 0.1) is 13.2 Å². The van der Waals surface area contributed by atoms with Crippen molar-refractivity contribution >= 4 is 6.09 Å². The van der Waals surface area contributed by atoms with Gasteiger partial charge in [-0.05, 0) is 33.1 Å². The van der Waals surface area contributed by atoms with Crippen LogP contribution in [0.5, 0.6) is 0 Å². The fourth-order valence-electron chi connectivity index (χ4n) is 2.46. The highest BCUT2D eigenvalue weighted by atomic mass is 16.6. The normalized spacial score (nSPS) is 23.9. The van der Waals surface area contributed by atoms with Crippen molar-refractivity contribution in [2.45, 2.75) is 39.7 Å². The highest BCUT2D eigenvalue weighted by Crippen LogP contribution is 2.33. The Morgan fingerprint density at radius 2 is 1.94 bits per heavy atom. The van der Waals surface area contributed by atoms with Crippen LogP contribution in [0.4, 0.5) is 4.79 Å². The fourth-order valence-corrected chi connectivity index (χ4v) is 2.46. The van der Waals surface area contributed by atoms with Crippen LogP contribution in [0.2, 0.25) is 0 Å². The summed E-state index contributed by atoms with van der Waals surface area (Å²) >= 11 is 0. The number of aliphatic hydroxyl groups excluding tert-OH is 2. The van der Waals surface area contributed by atoms with E-state index in [9.17, 15) is 15.0 Å². The quantitative estimate of drug-likeness (QED) is 0.782. The second-order valence-electron chi connectivity index (χ2n) is 6.49. The molecule has 1 unspecified atom stereocenters. The summed E-state index contributed by atoms with van der Waals surface area (Å²) in [5.41, 5.74) is -1.13. The van der Waals surface area contributed by atoms with Gasteiger partial charge >= 0.3 is 6.09 Å². The van der Waals surface area contributed by atoms with Gasteiger partial charge < -0.3 is 19.8 Å². The molecular formula is C13H25NO4. The highest BCUT2D eigenvalue weighted by Gasteiger charge is 2.40. The molecule has 0 aromatic rings. The number of aliphatic hydroxyl groups is 2. The zero-order valence-electron chi connectivity index (χ0n) is 11.8. The lowest BCUT2D eigenvalue weighted by Crippen LogP contribution is -2.53. The molecule has 106 valence electrons. The van der Waals surface area contributed by atoms with Crippen molar-refractivity contribution in [1.29, 1.82) is 0 Å². The molecule has 0 aromatic carbocycles. The van der Waals surface area contributed by atoms with E-state index in [1.54, 1.807) is 4.90 Å². The van der Waals surface area contributed by atoms with E-state index in [1.807, 2.05) is 27.7 Å². The van der Waals surface area contributed by atoms with Gasteiger partial charge in [0.15, 0.2) is 0 Å². The Morgan fingerprint density at radius 1 is 1.39 bits per heavy atom. The van der Waals surface area contributed by atoms with Crippen molar-refractivity contribution in [3.63, 3.8) is 0 Å².